The first-order valence-corrected chi connectivity index (χ1v) is 7.90. The Bertz CT molecular complexity index is 941. The molecule has 0 aromatic heterocycles. The fourth-order valence-electron chi connectivity index (χ4n) is 2.84. The van der Waals surface area contributed by atoms with Crippen molar-refractivity contribution in [3.05, 3.63) is 47.5 Å². The lowest BCUT2D eigenvalue weighted by Gasteiger charge is -2.13. The molecule has 134 valence electrons. The monoisotopic (exact) mass is 359 g/mol. The number of ether oxygens (including phenoxy) is 2. The van der Waals surface area contributed by atoms with Crippen LogP contribution in [0, 0.1) is 0 Å². The van der Waals surface area contributed by atoms with Crippen LogP contribution in [0.3, 0.4) is 0 Å². The van der Waals surface area contributed by atoms with Gasteiger partial charge in [0.1, 0.15) is 5.84 Å². The maximum atomic E-state index is 13.1. The number of carbonyl (C=O) groups is 1. The lowest BCUT2D eigenvalue weighted by molar-refractivity contribution is -0.286. The number of halogens is 2. The Labute approximate surface area is 148 Å². The van der Waals surface area contributed by atoms with Crippen LogP contribution in [0.15, 0.2) is 41.4 Å². The van der Waals surface area contributed by atoms with Crippen molar-refractivity contribution >= 4 is 23.1 Å². The van der Waals surface area contributed by atoms with Crippen LogP contribution < -0.4 is 19.7 Å². The van der Waals surface area contributed by atoms with Gasteiger partial charge >= 0.3 is 6.29 Å². The molecule has 1 amide bonds. The molecule has 2 aliphatic heterocycles. The van der Waals surface area contributed by atoms with Crippen molar-refractivity contribution in [2.75, 3.05) is 19.0 Å². The van der Waals surface area contributed by atoms with Crippen LogP contribution in [0.1, 0.15) is 15.9 Å². The zero-order valence-electron chi connectivity index (χ0n) is 14.0. The Balaban J connectivity index is 1.52. The number of carbonyl (C=O) groups excluding carboxylic acids is 1. The molecule has 0 radical (unpaired) electrons. The number of anilines is 1. The highest BCUT2D eigenvalue weighted by molar-refractivity contribution is 6.09. The first kappa shape index (κ1) is 16.3. The number of nitrogens with zero attached hydrogens (tertiary/aromatic N) is 2. The second kappa shape index (κ2) is 5.69. The molecule has 0 spiro atoms. The lowest BCUT2D eigenvalue weighted by Crippen LogP contribution is -2.30. The largest absolute Gasteiger partial charge is 0.586 e. The molecular formula is C18H15F2N3O3. The summed E-state index contributed by atoms with van der Waals surface area (Å²) in [6.07, 6.45) is -3.34. The number of fused-ring (bicyclic) bond motifs is 2. The Morgan fingerprint density at radius 3 is 2.65 bits per heavy atom. The van der Waals surface area contributed by atoms with Crippen molar-refractivity contribution < 1.29 is 23.0 Å². The number of alkyl halides is 2. The maximum absolute atomic E-state index is 13.1. The summed E-state index contributed by atoms with van der Waals surface area (Å²) in [5.74, 6) is 0.0569. The minimum atomic E-state index is -3.66. The highest BCUT2D eigenvalue weighted by Crippen LogP contribution is 2.45. The summed E-state index contributed by atoms with van der Waals surface area (Å²) < 4.78 is 35.1. The normalized spacial score (nSPS) is 16.1. The van der Waals surface area contributed by atoms with Gasteiger partial charge in [0.15, 0.2) is 11.5 Å². The average molecular weight is 359 g/mol. The zero-order chi connectivity index (χ0) is 18.5. The third kappa shape index (κ3) is 2.94. The van der Waals surface area contributed by atoms with E-state index in [1.54, 1.807) is 18.2 Å². The minimum absolute atomic E-state index is 0.0322. The van der Waals surface area contributed by atoms with Crippen LogP contribution >= 0.6 is 0 Å². The van der Waals surface area contributed by atoms with Gasteiger partial charge in [-0.25, -0.2) is 4.99 Å². The number of amidine groups is 1. The molecule has 0 saturated carbocycles. The highest BCUT2D eigenvalue weighted by atomic mass is 19.3. The molecular weight excluding hydrogens is 344 g/mol. The summed E-state index contributed by atoms with van der Waals surface area (Å²) in [4.78, 5) is 18.6. The van der Waals surface area contributed by atoms with Gasteiger partial charge in [-0.2, -0.15) is 0 Å². The molecule has 0 atom stereocenters. The first-order valence-electron chi connectivity index (χ1n) is 7.90. The lowest BCUT2D eigenvalue weighted by atomic mass is 10.1. The number of hydrogen-bond donors (Lipinski definition) is 1. The van der Waals surface area contributed by atoms with Gasteiger partial charge in [0, 0.05) is 37.8 Å². The smallest absolute Gasteiger partial charge is 0.395 e. The van der Waals surface area contributed by atoms with E-state index in [2.05, 4.69) is 19.8 Å². The Morgan fingerprint density at radius 1 is 1.19 bits per heavy atom. The van der Waals surface area contributed by atoms with E-state index in [1.807, 2.05) is 25.1 Å². The molecule has 2 aliphatic rings. The van der Waals surface area contributed by atoms with E-state index in [9.17, 15) is 13.6 Å². The van der Waals surface area contributed by atoms with Crippen LogP contribution in [0.2, 0.25) is 0 Å². The summed E-state index contributed by atoms with van der Waals surface area (Å²) >= 11 is 0. The van der Waals surface area contributed by atoms with Crippen LogP contribution in [0.25, 0.3) is 0 Å². The molecule has 26 heavy (non-hydrogen) atoms. The Hall–Kier alpha value is -3.16. The fourth-order valence-corrected chi connectivity index (χ4v) is 2.84. The molecule has 2 aromatic carbocycles. The third-order valence-corrected chi connectivity index (χ3v) is 4.10. The van der Waals surface area contributed by atoms with Crippen molar-refractivity contribution in [3.63, 3.8) is 0 Å². The number of rotatable bonds is 2. The van der Waals surface area contributed by atoms with Crippen molar-refractivity contribution in [1.82, 2.24) is 5.32 Å². The van der Waals surface area contributed by atoms with E-state index in [4.69, 9.17) is 0 Å². The molecule has 1 N–H and O–H groups in total. The van der Waals surface area contributed by atoms with Crippen molar-refractivity contribution in [2.45, 2.75) is 12.7 Å². The molecule has 4 rings (SSSR count). The van der Waals surface area contributed by atoms with Gasteiger partial charge in [-0.15, -0.1) is 8.78 Å². The second-order valence-electron chi connectivity index (χ2n) is 6.23. The maximum Gasteiger partial charge on any atom is 0.586 e. The number of amides is 1. The highest BCUT2D eigenvalue weighted by Gasteiger charge is 2.44. The van der Waals surface area contributed by atoms with Crippen molar-refractivity contribution in [3.8, 4) is 11.5 Å². The van der Waals surface area contributed by atoms with Gasteiger partial charge < -0.3 is 19.7 Å². The Kier molecular flexibility index (Phi) is 3.57. The summed E-state index contributed by atoms with van der Waals surface area (Å²) in [6, 6.07) is 10.0. The first-order chi connectivity index (χ1) is 12.3. The molecule has 0 bridgehead atoms. The van der Waals surface area contributed by atoms with Gasteiger partial charge in [-0.05, 0) is 29.8 Å². The van der Waals surface area contributed by atoms with E-state index in [-0.39, 0.29) is 17.4 Å². The number of aliphatic imine (C=N–C) groups is 1. The van der Waals surface area contributed by atoms with Gasteiger partial charge in [0.2, 0.25) is 0 Å². The van der Waals surface area contributed by atoms with E-state index in [0.29, 0.717) is 29.1 Å². The van der Waals surface area contributed by atoms with Crippen molar-refractivity contribution in [1.29, 1.82) is 0 Å². The predicted molar refractivity (Wildman–Crippen MR) is 91.7 cm³/mol. The predicted octanol–water partition coefficient (Wildman–Crippen LogP) is 3.09. The van der Waals surface area contributed by atoms with Gasteiger partial charge in [0.05, 0.1) is 5.69 Å². The van der Waals surface area contributed by atoms with Crippen molar-refractivity contribution in [2.24, 2.45) is 4.99 Å². The minimum Gasteiger partial charge on any atom is -0.395 e. The molecule has 0 saturated heterocycles. The third-order valence-electron chi connectivity index (χ3n) is 4.10. The average Bonchev–Trinajstić information content (AvgIpc) is 3.09. The van der Waals surface area contributed by atoms with Crippen LogP contribution in [0.5, 0.6) is 11.5 Å². The number of benzene rings is 2. The molecule has 0 fully saturated rings. The number of hydrogen-bond acceptors (Lipinski definition) is 5. The standard InChI is InChI=1S/C18H15F2N3O3/c1-23(2)12-5-3-4-10(6-12)17(24)22-16-8-11-7-14-15(9-13(11)21-16)26-18(19,20)25-14/h3-7,9H,8H2,1-2H3,(H,21,22,24). The quantitative estimate of drug-likeness (QED) is 0.895. The topological polar surface area (TPSA) is 63.2 Å². The molecule has 6 nitrogen and oxygen atoms in total. The number of nitrogens with one attached hydrogen (secondary N) is 1. The van der Waals surface area contributed by atoms with Gasteiger partial charge in [-0.3, -0.25) is 4.79 Å². The Morgan fingerprint density at radius 2 is 1.92 bits per heavy atom. The second-order valence-corrected chi connectivity index (χ2v) is 6.23. The van der Waals surface area contributed by atoms with Crippen LogP contribution in [-0.4, -0.2) is 32.1 Å². The summed E-state index contributed by atoms with van der Waals surface area (Å²) in [5.41, 5.74) is 2.56. The SMILES string of the molecule is CN(C)c1cccc(C(=O)NC2=Nc3cc4c(cc3C2)OC(F)(F)O4)c1. The molecule has 2 aromatic rings. The molecule has 8 heteroatoms. The van der Waals surface area contributed by atoms with E-state index in [0.717, 1.165) is 5.69 Å². The summed E-state index contributed by atoms with van der Waals surface area (Å²) in [6.45, 7) is 0. The van der Waals surface area contributed by atoms with E-state index < -0.39 is 6.29 Å². The molecule has 0 unspecified atom stereocenters. The molecule has 2 heterocycles. The molecule has 0 aliphatic carbocycles. The van der Waals surface area contributed by atoms with E-state index in [1.165, 1.54) is 12.1 Å². The van der Waals surface area contributed by atoms with Gasteiger partial charge in [0.25, 0.3) is 5.91 Å². The van der Waals surface area contributed by atoms with E-state index >= 15 is 0 Å². The van der Waals surface area contributed by atoms with Gasteiger partial charge in [-0.1, -0.05) is 6.07 Å². The summed E-state index contributed by atoms with van der Waals surface area (Å²) in [5, 5.41) is 2.76. The fraction of sp³-hybridized carbons (Fsp3) is 0.222. The van der Waals surface area contributed by atoms with Crippen LogP contribution in [0.4, 0.5) is 20.2 Å². The summed E-state index contributed by atoms with van der Waals surface area (Å²) in [7, 11) is 3.78. The zero-order valence-corrected chi connectivity index (χ0v) is 14.0. The van der Waals surface area contributed by atoms with Crippen LogP contribution in [-0.2, 0) is 6.42 Å².